The second-order valence-corrected chi connectivity index (χ2v) is 7.70. The van der Waals surface area contributed by atoms with Gasteiger partial charge >= 0.3 is 0 Å². The third-order valence-corrected chi connectivity index (χ3v) is 5.59. The third-order valence-electron chi connectivity index (χ3n) is 5.59. The van der Waals surface area contributed by atoms with Crippen LogP contribution in [0.3, 0.4) is 0 Å². The molecular formula is C23H33N3O4. The first-order valence-electron chi connectivity index (χ1n) is 10.6. The largest absolute Gasteiger partial charge is 0.491 e. The zero-order valence-electron chi connectivity index (χ0n) is 17.8. The van der Waals surface area contributed by atoms with Crippen LogP contribution in [0.1, 0.15) is 24.0 Å². The molecule has 0 aliphatic carbocycles. The molecule has 2 heterocycles. The van der Waals surface area contributed by atoms with E-state index in [1.54, 1.807) is 13.3 Å². The smallest absolute Gasteiger partial charge is 0.130 e. The first kappa shape index (κ1) is 22.5. The summed E-state index contributed by atoms with van der Waals surface area (Å²) in [6.07, 6.45) is 2.06. The Morgan fingerprint density at radius 3 is 2.83 bits per heavy atom. The first-order chi connectivity index (χ1) is 14.6. The standard InChI is InChI=1S/C23H33N3O4/c1-24-23-18(10-7-12-25-23)14-26-13-6-5-9-17-8-3-4-11-20(17)30-16-19(27)22(28)21(15-26)29-2/h3-4,7-8,10-12,19,21-22,27-28H,5-6,9,13-16H2,1-2H3,(H,24,25)/t19-,21+,22-/m1/s1. The van der Waals surface area contributed by atoms with E-state index < -0.39 is 18.3 Å². The lowest BCUT2D eigenvalue weighted by molar-refractivity contribution is -0.0955. The molecule has 0 saturated carbocycles. The first-order valence-corrected chi connectivity index (χ1v) is 10.6. The molecule has 1 aliphatic rings. The second kappa shape index (κ2) is 11.3. The van der Waals surface area contributed by atoms with Gasteiger partial charge < -0.3 is 25.0 Å². The summed E-state index contributed by atoms with van der Waals surface area (Å²) >= 11 is 0. The summed E-state index contributed by atoms with van der Waals surface area (Å²) < 4.78 is 11.4. The van der Waals surface area contributed by atoms with E-state index in [2.05, 4.69) is 27.3 Å². The van der Waals surface area contributed by atoms with Crippen LogP contribution < -0.4 is 10.1 Å². The fourth-order valence-corrected chi connectivity index (χ4v) is 3.87. The third kappa shape index (κ3) is 5.92. The number of aliphatic hydroxyl groups excluding tert-OH is 2. The molecule has 3 N–H and O–H groups in total. The Morgan fingerprint density at radius 1 is 1.20 bits per heavy atom. The van der Waals surface area contributed by atoms with E-state index in [0.717, 1.165) is 48.5 Å². The van der Waals surface area contributed by atoms with Crippen LogP contribution in [0, 0.1) is 0 Å². The Kier molecular flexibility index (Phi) is 8.45. The van der Waals surface area contributed by atoms with Crippen molar-refractivity contribution >= 4 is 5.82 Å². The molecule has 1 aromatic carbocycles. The number of hydrogen-bond acceptors (Lipinski definition) is 7. The summed E-state index contributed by atoms with van der Waals surface area (Å²) in [4.78, 5) is 6.65. The summed E-state index contributed by atoms with van der Waals surface area (Å²) in [6, 6.07) is 11.9. The van der Waals surface area contributed by atoms with Crippen LogP contribution >= 0.6 is 0 Å². The Morgan fingerprint density at radius 2 is 2.03 bits per heavy atom. The molecule has 3 atom stereocenters. The molecule has 0 spiro atoms. The number of anilines is 1. The molecule has 0 fully saturated rings. The molecule has 0 saturated heterocycles. The topological polar surface area (TPSA) is 87.1 Å². The number of rotatable bonds is 4. The maximum Gasteiger partial charge on any atom is 0.130 e. The summed E-state index contributed by atoms with van der Waals surface area (Å²) in [6.45, 7) is 2.05. The van der Waals surface area contributed by atoms with Gasteiger partial charge in [-0.25, -0.2) is 4.98 Å². The fourth-order valence-electron chi connectivity index (χ4n) is 3.87. The number of aliphatic hydroxyl groups is 2. The van der Waals surface area contributed by atoms with Crippen molar-refractivity contribution in [1.82, 2.24) is 9.88 Å². The number of aromatic nitrogens is 1. The van der Waals surface area contributed by atoms with E-state index in [1.807, 2.05) is 31.3 Å². The van der Waals surface area contributed by atoms with Crippen LogP contribution in [0.2, 0.25) is 0 Å². The fraction of sp³-hybridized carbons (Fsp3) is 0.522. The predicted molar refractivity (Wildman–Crippen MR) is 117 cm³/mol. The maximum atomic E-state index is 10.7. The maximum absolute atomic E-state index is 10.7. The highest BCUT2D eigenvalue weighted by molar-refractivity contribution is 5.42. The molecule has 7 heteroatoms. The van der Waals surface area contributed by atoms with Crippen LogP contribution in [-0.4, -0.2) is 72.3 Å². The van der Waals surface area contributed by atoms with Crippen molar-refractivity contribution in [3.8, 4) is 5.75 Å². The number of benzene rings is 1. The number of ether oxygens (including phenoxy) is 2. The molecule has 7 nitrogen and oxygen atoms in total. The van der Waals surface area contributed by atoms with Crippen molar-refractivity contribution in [2.75, 3.05) is 39.2 Å². The molecule has 0 amide bonds. The molecule has 1 aliphatic heterocycles. The summed E-state index contributed by atoms with van der Waals surface area (Å²) in [7, 11) is 3.43. The molecular weight excluding hydrogens is 382 g/mol. The Balaban J connectivity index is 1.80. The van der Waals surface area contributed by atoms with Crippen molar-refractivity contribution < 1.29 is 19.7 Å². The van der Waals surface area contributed by atoms with E-state index >= 15 is 0 Å². The zero-order chi connectivity index (χ0) is 21.3. The summed E-state index contributed by atoms with van der Waals surface area (Å²) in [5, 5.41) is 24.4. The lowest BCUT2D eigenvalue weighted by Crippen LogP contribution is -2.47. The molecule has 3 rings (SSSR count). The Labute approximate surface area is 178 Å². The van der Waals surface area contributed by atoms with Gasteiger partial charge in [-0.05, 0) is 43.5 Å². The summed E-state index contributed by atoms with van der Waals surface area (Å²) in [5.41, 5.74) is 2.21. The van der Waals surface area contributed by atoms with Gasteiger partial charge in [0, 0.05) is 39.0 Å². The highest BCUT2D eigenvalue weighted by Crippen LogP contribution is 2.22. The number of fused-ring (bicyclic) bond motifs is 1. The number of methoxy groups -OCH3 is 1. The number of aryl methyl sites for hydroxylation is 1. The van der Waals surface area contributed by atoms with Crippen LogP contribution in [0.25, 0.3) is 0 Å². The molecule has 0 bridgehead atoms. The number of hydrogen-bond donors (Lipinski definition) is 3. The van der Waals surface area contributed by atoms with Crippen LogP contribution in [0.15, 0.2) is 42.6 Å². The zero-order valence-corrected chi connectivity index (χ0v) is 17.8. The average Bonchev–Trinajstić information content (AvgIpc) is 2.79. The number of para-hydroxylation sites is 1. The van der Waals surface area contributed by atoms with Gasteiger partial charge in [-0.15, -0.1) is 0 Å². The van der Waals surface area contributed by atoms with E-state index in [0.29, 0.717) is 13.1 Å². The second-order valence-electron chi connectivity index (χ2n) is 7.70. The number of nitrogens with zero attached hydrogens (tertiary/aromatic N) is 2. The van der Waals surface area contributed by atoms with E-state index in [9.17, 15) is 10.2 Å². The molecule has 0 radical (unpaired) electrons. The molecule has 164 valence electrons. The van der Waals surface area contributed by atoms with Gasteiger partial charge in [0.2, 0.25) is 0 Å². The van der Waals surface area contributed by atoms with Gasteiger partial charge in [-0.1, -0.05) is 24.3 Å². The molecule has 1 aromatic heterocycles. The summed E-state index contributed by atoms with van der Waals surface area (Å²) in [5.74, 6) is 1.61. The van der Waals surface area contributed by atoms with Crippen molar-refractivity contribution in [2.24, 2.45) is 0 Å². The van der Waals surface area contributed by atoms with Gasteiger partial charge in [-0.2, -0.15) is 0 Å². The van der Waals surface area contributed by atoms with Crippen LogP contribution in [-0.2, 0) is 17.7 Å². The average molecular weight is 416 g/mol. The lowest BCUT2D eigenvalue weighted by atomic mass is 10.1. The van der Waals surface area contributed by atoms with Gasteiger partial charge in [-0.3, -0.25) is 4.90 Å². The number of pyridine rings is 1. The van der Waals surface area contributed by atoms with Crippen molar-refractivity contribution in [3.05, 3.63) is 53.7 Å². The quantitative estimate of drug-likeness (QED) is 0.705. The lowest BCUT2D eigenvalue weighted by Gasteiger charge is -2.31. The van der Waals surface area contributed by atoms with Crippen LogP contribution in [0.5, 0.6) is 5.75 Å². The normalized spacial score (nSPS) is 23.9. The van der Waals surface area contributed by atoms with Gasteiger partial charge in [0.05, 0.1) is 6.10 Å². The van der Waals surface area contributed by atoms with Crippen molar-refractivity contribution in [3.63, 3.8) is 0 Å². The van der Waals surface area contributed by atoms with Gasteiger partial charge in [0.15, 0.2) is 0 Å². The Bertz CT molecular complexity index is 789. The SMILES string of the molecule is CNc1ncccc1CN1CCCCc2ccccc2OC[C@@H](O)[C@@H](O)[C@@H](OC)C1. The minimum Gasteiger partial charge on any atom is -0.491 e. The number of nitrogens with one attached hydrogen (secondary N) is 1. The van der Waals surface area contributed by atoms with Crippen molar-refractivity contribution in [2.45, 2.75) is 44.1 Å². The monoisotopic (exact) mass is 415 g/mol. The van der Waals surface area contributed by atoms with E-state index in [1.165, 1.54) is 0 Å². The molecule has 0 unspecified atom stereocenters. The highest BCUT2D eigenvalue weighted by Gasteiger charge is 2.29. The van der Waals surface area contributed by atoms with E-state index in [-0.39, 0.29) is 6.61 Å². The Hall–Kier alpha value is -2.19. The minimum absolute atomic E-state index is 0.0184. The predicted octanol–water partition coefficient (Wildman–Crippen LogP) is 2.08. The van der Waals surface area contributed by atoms with Gasteiger partial charge in [0.25, 0.3) is 0 Å². The van der Waals surface area contributed by atoms with Crippen LogP contribution in [0.4, 0.5) is 5.82 Å². The molecule has 2 aromatic rings. The van der Waals surface area contributed by atoms with Crippen molar-refractivity contribution in [1.29, 1.82) is 0 Å². The highest BCUT2D eigenvalue weighted by atomic mass is 16.5. The van der Waals surface area contributed by atoms with E-state index in [4.69, 9.17) is 9.47 Å². The minimum atomic E-state index is -1.05. The molecule has 30 heavy (non-hydrogen) atoms. The van der Waals surface area contributed by atoms with Gasteiger partial charge in [0.1, 0.15) is 30.4 Å².